The van der Waals surface area contributed by atoms with Crippen LogP contribution in [0.25, 0.3) is 11.1 Å². The van der Waals surface area contributed by atoms with Crippen molar-refractivity contribution < 1.29 is 14.4 Å². The Morgan fingerprint density at radius 1 is 0.917 bits per heavy atom. The van der Waals surface area contributed by atoms with E-state index in [0.717, 1.165) is 27.2 Å². The van der Waals surface area contributed by atoms with Gasteiger partial charge in [0.1, 0.15) is 12.1 Å². The monoisotopic (exact) mass is 483 g/mol. The maximum atomic E-state index is 13.2. The molecule has 2 N–H and O–H groups in total. The van der Waals surface area contributed by atoms with Gasteiger partial charge in [0.05, 0.1) is 6.04 Å². The van der Waals surface area contributed by atoms with Gasteiger partial charge in [-0.2, -0.15) is 0 Å². The van der Waals surface area contributed by atoms with E-state index in [1.165, 1.54) is 0 Å². The quantitative estimate of drug-likeness (QED) is 0.467. The Bertz CT molecular complexity index is 1260. The highest BCUT2D eigenvalue weighted by Crippen LogP contribution is 2.31. The van der Waals surface area contributed by atoms with Crippen LogP contribution in [-0.2, 0) is 20.5 Å². The third kappa shape index (κ3) is 5.03. The summed E-state index contributed by atoms with van der Waals surface area (Å²) < 4.78 is 0. The fourth-order valence-electron chi connectivity index (χ4n) is 4.45. The summed E-state index contributed by atoms with van der Waals surface area (Å²) in [6, 6.07) is 24.9. The number of benzene rings is 3. The van der Waals surface area contributed by atoms with Gasteiger partial charge >= 0.3 is 6.03 Å². The summed E-state index contributed by atoms with van der Waals surface area (Å²) in [5, 5.41) is 5.68. The van der Waals surface area contributed by atoms with E-state index in [0.29, 0.717) is 5.56 Å². The first kappa shape index (κ1) is 25.2. The highest BCUT2D eigenvalue weighted by atomic mass is 16.2. The van der Waals surface area contributed by atoms with Gasteiger partial charge in [0.15, 0.2) is 0 Å². The molecule has 186 valence electrons. The topological polar surface area (TPSA) is 78.5 Å². The summed E-state index contributed by atoms with van der Waals surface area (Å²) in [5.74, 6) is -0.837. The summed E-state index contributed by atoms with van der Waals surface area (Å²) in [4.78, 5) is 39.7. The van der Waals surface area contributed by atoms with Gasteiger partial charge in [-0.15, -0.1) is 0 Å². The molecule has 3 aromatic carbocycles. The number of imide groups is 1. The molecule has 3 aromatic rings. The lowest BCUT2D eigenvalue weighted by Crippen LogP contribution is -2.43. The molecule has 1 fully saturated rings. The molecule has 2 atom stereocenters. The molecule has 4 rings (SSSR count). The van der Waals surface area contributed by atoms with Crippen molar-refractivity contribution in [2.75, 3.05) is 6.54 Å². The predicted molar refractivity (Wildman–Crippen MR) is 141 cm³/mol. The largest absolute Gasteiger partial charge is 0.348 e. The molecule has 0 radical (unpaired) electrons. The van der Waals surface area contributed by atoms with E-state index in [4.69, 9.17) is 0 Å². The molecule has 0 saturated carbocycles. The van der Waals surface area contributed by atoms with Crippen LogP contribution in [0.15, 0.2) is 78.9 Å². The zero-order valence-electron chi connectivity index (χ0n) is 21.5. The number of urea groups is 1. The van der Waals surface area contributed by atoms with E-state index in [1.807, 2.05) is 85.8 Å². The normalized spacial score (nSPS) is 18.6. The number of hydrogen-bond acceptors (Lipinski definition) is 3. The van der Waals surface area contributed by atoms with Gasteiger partial charge in [0.2, 0.25) is 5.91 Å². The van der Waals surface area contributed by atoms with Crippen molar-refractivity contribution in [3.63, 3.8) is 0 Å². The molecule has 1 aliphatic heterocycles. The Labute approximate surface area is 212 Å². The maximum Gasteiger partial charge on any atom is 0.325 e. The number of nitrogens with zero attached hydrogens (tertiary/aromatic N) is 1. The zero-order valence-corrected chi connectivity index (χ0v) is 21.5. The number of carbonyl (C=O) groups is 3. The SMILES string of the molecule is C[C@H](NC(=O)CN1C(=O)N[C@@](C)(c2ccc(C(C)(C)C)cc2)C1=O)c1ccc(-c2ccccc2)cc1. The Hall–Kier alpha value is -3.93. The van der Waals surface area contributed by atoms with Crippen LogP contribution in [0, 0.1) is 0 Å². The van der Waals surface area contributed by atoms with Gasteiger partial charge < -0.3 is 10.6 Å². The Morgan fingerprint density at radius 3 is 2.08 bits per heavy atom. The minimum Gasteiger partial charge on any atom is -0.348 e. The van der Waals surface area contributed by atoms with E-state index in [9.17, 15) is 14.4 Å². The third-order valence-corrected chi connectivity index (χ3v) is 6.80. The fraction of sp³-hybridized carbons (Fsp3) is 0.300. The van der Waals surface area contributed by atoms with Gasteiger partial charge in [-0.05, 0) is 47.1 Å². The van der Waals surface area contributed by atoms with Crippen molar-refractivity contribution in [3.05, 3.63) is 95.6 Å². The molecule has 0 bridgehead atoms. The van der Waals surface area contributed by atoms with Crippen LogP contribution < -0.4 is 10.6 Å². The summed E-state index contributed by atoms with van der Waals surface area (Å²) in [6.07, 6.45) is 0. The highest BCUT2D eigenvalue weighted by Gasteiger charge is 2.49. The standard InChI is InChI=1S/C30H33N3O3/c1-20(21-11-13-23(14-12-21)22-9-7-6-8-10-22)31-26(34)19-33-27(35)30(5,32-28(33)36)25-17-15-24(16-18-25)29(2,3)4/h6-18,20H,19H2,1-5H3,(H,31,34)(H,32,36)/t20-,30-/m0/s1. The summed E-state index contributed by atoms with van der Waals surface area (Å²) in [5.41, 5.74) is 3.72. The molecule has 4 amide bonds. The minimum atomic E-state index is -1.22. The van der Waals surface area contributed by atoms with Gasteiger partial charge in [0.25, 0.3) is 5.91 Å². The number of amides is 4. The summed E-state index contributed by atoms with van der Waals surface area (Å²) in [7, 11) is 0. The van der Waals surface area contributed by atoms with Crippen LogP contribution in [0.3, 0.4) is 0 Å². The molecule has 0 aliphatic carbocycles. The lowest BCUT2D eigenvalue weighted by atomic mass is 9.84. The summed E-state index contributed by atoms with van der Waals surface area (Å²) >= 11 is 0. The predicted octanol–water partition coefficient (Wildman–Crippen LogP) is 5.30. The molecular weight excluding hydrogens is 450 g/mol. The highest BCUT2D eigenvalue weighted by molar-refractivity contribution is 6.09. The average molecular weight is 484 g/mol. The Morgan fingerprint density at radius 2 is 1.50 bits per heavy atom. The van der Waals surface area contributed by atoms with E-state index >= 15 is 0 Å². The van der Waals surface area contributed by atoms with Crippen LogP contribution in [0.1, 0.15) is 57.4 Å². The van der Waals surface area contributed by atoms with Crippen LogP contribution in [0.2, 0.25) is 0 Å². The lowest BCUT2D eigenvalue weighted by molar-refractivity contribution is -0.135. The zero-order chi connectivity index (χ0) is 26.1. The Balaban J connectivity index is 1.41. The van der Waals surface area contributed by atoms with Crippen LogP contribution >= 0.6 is 0 Å². The van der Waals surface area contributed by atoms with Gasteiger partial charge in [-0.3, -0.25) is 14.5 Å². The molecule has 0 spiro atoms. The van der Waals surface area contributed by atoms with E-state index in [-0.39, 0.29) is 18.0 Å². The van der Waals surface area contributed by atoms with E-state index in [2.05, 4.69) is 31.4 Å². The van der Waals surface area contributed by atoms with Gasteiger partial charge in [-0.25, -0.2) is 4.79 Å². The first-order valence-electron chi connectivity index (χ1n) is 12.2. The van der Waals surface area contributed by atoms with E-state index < -0.39 is 23.4 Å². The minimum absolute atomic E-state index is 0.0228. The molecule has 6 heteroatoms. The van der Waals surface area contributed by atoms with Crippen molar-refractivity contribution in [1.29, 1.82) is 0 Å². The third-order valence-electron chi connectivity index (χ3n) is 6.80. The van der Waals surface area contributed by atoms with Crippen molar-refractivity contribution in [3.8, 4) is 11.1 Å². The molecule has 1 heterocycles. The average Bonchev–Trinajstić information content (AvgIpc) is 3.08. The second kappa shape index (κ2) is 9.61. The molecule has 0 aromatic heterocycles. The van der Waals surface area contributed by atoms with Crippen molar-refractivity contribution in [2.45, 2.75) is 51.6 Å². The van der Waals surface area contributed by atoms with Crippen molar-refractivity contribution in [2.24, 2.45) is 0 Å². The van der Waals surface area contributed by atoms with Crippen LogP contribution in [0.5, 0.6) is 0 Å². The molecule has 6 nitrogen and oxygen atoms in total. The van der Waals surface area contributed by atoms with Crippen LogP contribution in [-0.4, -0.2) is 29.3 Å². The summed E-state index contributed by atoms with van der Waals surface area (Å²) in [6.45, 7) is 9.56. The maximum absolute atomic E-state index is 13.2. The molecular formula is C30H33N3O3. The van der Waals surface area contributed by atoms with E-state index in [1.54, 1.807) is 6.92 Å². The first-order chi connectivity index (χ1) is 17.0. The number of rotatable bonds is 6. The Kier molecular flexibility index (Phi) is 6.72. The molecule has 1 saturated heterocycles. The lowest BCUT2D eigenvalue weighted by Gasteiger charge is -2.24. The van der Waals surface area contributed by atoms with Crippen molar-refractivity contribution >= 4 is 17.8 Å². The van der Waals surface area contributed by atoms with Gasteiger partial charge in [-0.1, -0.05) is 99.6 Å². The number of hydrogen-bond donors (Lipinski definition) is 2. The van der Waals surface area contributed by atoms with Crippen LogP contribution in [0.4, 0.5) is 4.79 Å². The van der Waals surface area contributed by atoms with Gasteiger partial charge in [0, 0.05) is 0 Å². The second-order valence-corrected chi connectivity index (χ2v) is 10.6. The molecule has 36 heavy (non-hydrogen) atoms. The van der Waals surface area contributed by atoms with Crippen molar-refractivity contribution in [1.82, 2.24) is 15.5 Å². The number of nitrogens with one attached hydrogen (secondary N) is 2. The molecule has 1 aliphatic rings. The number of carbonyl (C=O) groups excluding carboxylic acids is 3. The molecule has 0 unspecified atom stereocenters. The fourth-order valence-corrected chi connectivity index (χ4v) is 4.45. The first-order valence-corrected chi connectivity index (χ1v) is 12.2. The second-order valence-electron chi connectivity index (χ2n) is 10.6. The smallest absolute Gasteiger partial charge is 0.325 e.